The van der Waals surface area contributed by atoms with Crippen LogP contribution in [0.5, 0.6) is 5.75 Å². The third-order valence-corrected chi connectivity index (χ3v) is 3.93. The SMILES string of the molecule is CC/C=C\CC/C=C/C=C\C=C\[C@@H](C)CCOc1ccc(C(=O)OC)cc1. The minimum atomic E-state index is -0.337. The van der Waals surface area contributed by atoms with Crippen molar-refractivity contribution in [2.45, 2.75) is 39.5 Å². The van der Waals surface area contributed by atoms with Crippen LogP contribution in [0.2, 0.25) is 0 Å². The second-order valence-electron chi connectivity index (χ2n) is 6.29. The Kier molecular flexibility index (Phi) is 12.2. The molecule has 1 aromatic rings. The number of methoxy groups -OCH3 is 1. The van der Waals surface area contributed by atoms with E-state index in [1.165, 1.54) is 7.11 Å². The minimum Gasteiger partial charge on any atom is -0.494 e. The van der Waals surface area contributed by atoms with Gasteiger partial charge in [0, 0.05) is 0 Å². The van der Waals surface area contributed by atoms with Crippen molar-refractivity contribution in [2.24, 2.45) is 5.92 Å². The molecule has 0 aliphatic heterocycles. The maximum absolute atomic E-state index is 11.4. The molecule has 0 N–H and O–H groups in total. The van der Waals surface area contributed by atoms with Gasteiger partial charge >= 0.3 is 5.97 Å². The average Bonchev–Trinajstić information content (AvgIpc) is 2.69. The molecule has 0 saturated carbocycles. The molecule has 0 radical (unpaired) electrons. The summed E-state index contributed by atoms with van der Waals surface area (Å²) in [6.45, 7) is 4.96. The molecular weight excluding hydrogens is 336 g/mol. The summed E-state index contributed by atoms with van der Waals surface area (Å²) < 4.78 is 10.4. The Balaban J connectivity index is 2.21. The van der Waals surface area contributed by atoms with E-state index in [1.807, 2.05) is 0 Å². The number of hydrogen-bond acceptors (Lipinski definition) is 3. The van der Waals surface area contributed by atoms with E-state index in [-0.39, 0.29) is 5.97 Å². The highest BCUT2D eigenvalue weighted by Gasteiger charge is 2.04. The fourth-order valence-corrected chi connectivity index (χ4v) is 2.30. The van der Waals surface area contributed by atoms with Crippen LogP contribution < -0.4 is 4.74 Å². The molecule has 0 bridgehead atoms. The minimum absolute atomic E-state index is 0.337. The van der Waals surface area contributed by atoms with Crippen molar-refractivity contribution in [1.29, 1.82) is 0 Å². The fourth-order valence-electron chi connectivity index (χ4n) is 2.30. The van der Waals surface area contributed by atoms with Crippen LogP contribution in [0.15, 0.2) is 72.9 Å². The van der Waals surface area contributed by atoms with Crippen LogP contribution in [-0.4, -0.2) is 19.7 Å². The van der Waals surface area contributed by atoms with Gasteiger partial charge in [0.05, 0.1) is 19.3 Å². The summed E-state index contributed by atoms with van der Waals surface area (Å²) >= 11 is 0. The van der Waals surface area contributed by atoms with Crippen molar-refractivity contribution < 1.29 is 14.3 Å². The van der Waals surface area contributed by atoms with Gasteiger partial charge in [-0.1, -0.05) is 62.5 Å². The van der Waals surface area contributed by atoms with Gasteiger partial charge in [-0.15, -0.1) is 0 Å². The molecule has 0 amide bonds. The Morgan fingerprint density at radius 2 is 1.70 bits per heavy atom. The van der Waals surface area contributed by atoms with E-state index < -0.39 is 0 Å². The van der Waals surface area contributed by atoms with E-state index in [4.69, 9.17) is 4.74 Å². The van der Waals surface area contributed by atoms with E-state index in [1.54, 1.807) is 24.3 Å². The highest BCUT2D eigenvalue weighted by Crippen LogP contribution is 2.14. The largest absolute Gasteiger partial charge is 0.494 e. The molecule has 3 nitrogen and oxygen atoms in total. The van der Waals surface area contributed by atoms with Gasteiger partial charge in [-0.2, -0.15) is 0 Å². The molecule has 0 unspecified atom stereocenters. The van der Waals surface area contributed by atoms with Gasteiger partial charge in [0.2, 0.25) is 0 Å². The summed E-state index contributed by atoms with van der Waals surface area (Å²) in [6.07, 6.45) is 21.3. The Labute approximate surface area is 164 Å². The molecule has 0 fully saturated rings. The number of ether oxygens (including phenoxy) is 2. The standard InChI is InChI=1S/C24H32O3/c1-4-5-6-7-8-9-10-11-12-13-14-21(2)19-20-27-23-17-15-22(16-18-23)24(25)26-3/h5-6,9-18,21H,4,7-8,19-20H2,1-3H3/b6-5-,10-9+,12-11-,14-13+/t21-/m1/s1. The van der Waals surface area contributed by atoms with Crippen LogP contribution in [0.3, 0.4) is 0 Å². The smallest absolute Gasteiger partial charge is 0.337 e. The van der Waals surface area contributed by atoms with Crippen molar-refractivity contribution in [3.05, 3.63) is 78.4 Å². The highest BCUT2D eigenvalue weighted by molar-refractivity contribution is 5.89. The summed E-state index contributed by atoms with van der Waals surface area (Å²) in [5.41, 5.74) is 0.527. The first-order chi connectivity index (χ1) is 13.2. The summed E-state index contributed by atoms with van der Waals surface area (Å²) in [5.74, 6) is 0.862. The van der Waals surface area contributed by atoms with Crippen molar-refractivity contribution in [3.8, 4) is 5.75 Å². The molecule has 1 atom stereocenters. The molecule has 27 heavy (non-hydrogen) atoms. The van der Waals surface area contributed by atoms with Crippen molar-refractivity contribution in [1.82, 2.24) is 0 Å². The number of benzene rings is 1. The topological polar surface area (TPSA) is 35.5 Å². The first-order valence-corrected chi connectivity index (χ1v) is 9.63. The van der Waals surface area contributed by atoms with E-state index in [0.29, 0.717) is 18.1 Å². The molecule has 0 aliphatic carbocycles. The zero-order valence-electron chi connectivity index (χ0n) is 16.8. The van der Waals surface area contributed by atoms with E-state index in [9.17, 15) is 4.79 Å². The van der Waals surface area contributed by atoms with Gasteiger partial charge < -0.3 is 9.47 Å². The first kappa shape index (κ1) is 22.5. The number of hydrogen-bond donors (Lipinski definition) is 0. The van der Waals surface area contributed by atoms with Crippen molar-refractivity contribution >= 4 is 5.97 Å². The summed E-state index contributed by atoms with van der Waals surface area (Å²) in [6, 6.07) is 7.01. The average molecular weight is 369 g/mol. The Morgan fingerprint density at radius 1 is 1.00 bits per heavy atom. The predicted octanol–water partition coefficient (Wildman–Crippen LogP) is 6.29. The maximum Gasteiger partial charge on any atom is 0.337 e. The van der Waals surface area contributed by atoms with Crippen LogP contribution in [0.25, 0.3) is 0 Å². The normalized spacial score (nSPS) is 13.1. The van der Waals surface area contributed by atoms with Crippen LogP contribution >= 0.6 is 0 Å². The molecule has 0 heterocycles. The molecule has 0 aromatic heterocycles. The number of rotatable bonds is 12. The van der Waals surface area contributed by atoms with Gasteiger partial charge in [-0.05, 0) is 55.9 Å². The Morgan fingerprint density at radius 3 is 2.41 bits per heavy atom. The Bertz CT molecular complexity index is 636. The van der Waals surface area contributed by atoms with Gasteiger partial charge in [0.15, 0.2) is 0 Å². The molecule has 0 spiro atoms. The number of allylic oxidation sites excluding steroid dienone is 8. The van der Waals surface area contributed by atoms with Crippen LogP contribution in [-0.2, 0) is 4.74 Å². The molecule has 0 aliphatic rings. The van der Waals surface area contributed by atoms with E-state index in [0.717, 1.165) is 31.4 Å². The number of esters is 1. The third kappa shape index (κ3) is 10.9. The number of carbonyl (C=O) groups excluding carboxylic acids is 1. The number of carbonyl (C=O) groups is 1. The van der Waals surface area contributed by atoms with E-state index in [2.05, 4.69) is 67.2 Å². The lowest BCUT2D eigenvalue weighted by molar-refractivity contribution is 0.0600. The quantitative estimate of drug-likeness (QED) is 0.188. The summed E-state index contributed by atoms with van der Waals surface area (Å²) in [5, 5.41) is 0. The number of unbranched alkanes of at least 4 members (excludes halogenated alkanes) is 1. The molecular formula is C24H32O3. The van der Waals surface area contributed by atoms with E-state index >= 15 is 0 Å². The van der Waals surface area contributed by atoms with Crippen molar-refractivity contribution in [2.75, 3.05) is 13.7 Å². The first-order valence-electron chi connectivity index (χ1n) is 9.63. The third-order valence-electron chi connectivity index (χ3n) is 3.93. The summed E-state index contributed by atoms with van der Waals surface area (Å²) in [7, 11) is 1.37. The predicted molar refractivity (Wildman–Crippen MR) is 113 cm³/mol. The Hall–Kier alpha value is -2.55. The van der Waals surface area contributed by atoms with Crippen LogP contribution in [0.4, 0.5) is 0 Å². The molecule has 146 valence electrons. The zero-order chi connectivity index (χ0) is 19.7. The second kappa shape index (κ2) is 14.6. The molecule has 1 aromatic carbocycles. The van der Waals surface area contributed by atoms with Gasteiger partial charge in [0.1, 0.15) is 5.75 Å². The maximum atomic E-state index is 11.4. The lowest BCUT2D eigenvalue weighted by Crippen LogP contribution is -2.03. The lowest BCUT2D eigenvalue weighted by Gasteiger charge is -2.09. The monoisotopic (exact) mass is 368 g/mol. The van der Waals surface area contributed by atoms with Gasteiger partial charge in [-0.25, -0.2) is 4.79 Å². The molecule has 0 saturated heterocycles. The lowest BCUT2D eigenvalue weighted by atomic mass is 10.1. The molecule has 1 rings (SSSR count). The highest BCUT2D eigenvalue weighted by atomic mass is 16.5. The fraction of sp³-hybridized carbons (Fsp3) is 0.375. The second-order valence-corrected chi connectivity index (χ2v) is 6.29. The molecule has 3 heteroatoms. The van der Waals surface area contributed by atoms with Gasteiger partial charge in [-0.3, -0.25) is 0 Å². The summed E-state index contributed by atoms with van der Waals surface area (Å²) in [4.78, 5) is 11.4. The zero-order valence-corrected chi connectivity index (χ0v) is 16.8. The van der Waals surface area contributed by atoms with Gasteiger partial charge in [0.25, 0.3) is 0 Å². The van der Waals surface area contributed by atoms with Crippen molar-refractivity contribution in [3.63, 3.8) is 0 Å². The van der Waals surface area contributed by atoms with Crippen LogP contribution in [0.1, 0.15) is 49.9 Å². The van der Waals surface area contributed by atoms with Crippen LogP contribution in [0, 0.1) is 5.92 Å².